The molecule has 0 heterocycles. The molecular weight excluding hydrogens is 458 g/mol. The van der Waals surface area contributed by atoms with Gasteiger partial charge in [0.05, 0.1) is 26.4 Å². The zero-order valence-corrected chi connectivity index (χ0v) is 23.7. The molecule has 1 aromatic rings. The van der Waals surface area contributed by atoms with Gasteiger partial charge in [-0.2, -0.15) is 0 Å². The molecule has 1 amide bonds. The second kappa shape index (κ2) is 12.3. The van der Waals surface area contributed by atoms with Crippen molar-refractivity contribution in [1.82, 2.24) is 5.32 Å². The van der Waals surface area contributed by atoms with E-state index in [1.807, 2.05) is 38.1 Å². The van der Waals surface area contributed by atoms with Crippen LogP contribution in [0.25, 0.3) is 0 Å². The first-order valence-corrected chi connectivity index (χ1v) is 13.1. The maximum atomic E-state index is 13.1. The third-order valence-electron chi connectivity index (χ3n) is 6.71. The summed E-state index contributed by atoms with van der Waals surface area (Å²) in [5, 5.41) is 2.71. The first-order chi connectivity index (χ1) is 16.6. The fourth-order valence-electron chi connectivity index (χ4n) is 5.10. The van der Waals surface area contributed by atoms with Crippen molar-refractivity contribution in [3.05, 3.63) is 29.8 Å². The molecule has 0 aliphatic heterocycles. The van der Waals surface area contributed by atoms with Crippen molar-refractivity contribution < 1.29 is 28.5 Å². The van der Waals surface area contributed by atoms with Crippen molar-refractivity contribution in [2.24, 2.45) is 16.7 Å². The standard InChI is InChI=1S/C29H47NO6/c1-20(2)17-23(30-26(32)36-27(3,4)5)24(31)35-19-29(8)16-10-15-28(6,7)25(29)34-18-21-11-13-22(33-9)14-12-21/h11-14,20,23,25H,10,15-19H2,1-9H3,(H,30,32)/t23-,25-,29+/m0/s1. The van der Waals surface area contributed by atoms with Gasteiger partial charge in [-0.3, -0.25) is 0 Å². The van der Waals surface area contributed by atoms with Crippen molar-refractivity contribution in [2.45, 2.75) is 105 Å². The monoisotopic (exact) mass is 505 g/mol. The molecule has 0 aromatic heterocycles. The molecule has 1 saturated carbocycles. The first-order valence-electron chi connectivity index (χ1n) is 13.1. The van der Waals surface area contributed by atoms with Gasteiger partial charge in [-0.15, -0.1) is 0 Å². The maximum absolute atomic E-state index is 13.1. The number of carbonyl (C=O) groups is 2. The highest BCUT2D eigenvalue weighted by molar-refractivity contribution is 5.81. The van der Waals surface area contributed by atoms with Gasteiger partial charge in [0.1, 0.15) is 17.4 Å². The Morgan fingerprint density at radius 1 is 1.08 bits per heavy atom. The number of nitrogens with one attached hydrogen (secondary N) is 1. The Morgan fingerprint density at radius 3 is 2.28 bits per heavy atom. The molecule has 7 nitrogen and oxygen atoms in total. The lowest BCUT2D eigenvalue weighted by Crippen LogP contribution is -2.52. The Hall–Kier alpha value is -2.28. The molecule has 0 spiro atoms. The van der Waals surface area contributed by atoms with E-state index in [9.17, 15) is 9.59 Å². The highest BCUT2D eigenvalue weighted by Crippen LogP contribution is 2.48. The van der Waals surface area contributed by atoms with E-state index in [1.54, 1.807) is 27.9 Å². The Bertz CT molecular complexity index is 858. The minimum absolute atomic E-state index is 0.0715. The minimum Gasteiger partial charge on any atom is -0.497 e. The summed E-state index contributed by atoms with van der Waals surface area (Å²) in [5.74, 6) is 0.569. The van der Waals surface area contributed by atoms with E-state index in [-0.39, 0.29) is 29.5 Å². The van der Waals surface area contributed by atoms with E-state index in [1.165, 1.54) is 0 Å². The lowest BCUT2D eigenvalue weighted by molar-refractivity contribution is -0.172. The van der Waals surface area contributed by atoms with Crippen LogP contribution in [0.15, 0.2) is 24.3 Å². The first kappa shape index (κ1) is 29.9. The summed E-state index contributed by atoms with van der Waals surface area (Å²) in [6.45, 7) is 16.7. The largest absolute Gasteiger partial charge is 0.497 e. The van der Waals surface area contributed by atoms with Gasteiger partial charge in [0.25, 0.3) is 0 Å². The van der Waals surface area contributed by atoms with Crippen molar-refractivity contribution in [3.8, 4) is 5.75 Å². The van der Waals surface area contributed by atoms with Crippen LogP contribution < -0.4 is 10.1 Å². The molecule has 1 aliphatic rings. The topological polar surface area (TPSA) is 83.1 Å². The van der Waals surface area contributed by atoms with E-state index in [0.29, 0.717) is 13.0 Å². The van der Waals surface area contributed by atoms with Gasteiger partial charge < -0.3 is 24.3 Å². The zero-order chi connectivity index (χ0) is 27.1. The molecule has 1 aliphatic carbocycles. The highest BCUT2D eigenvalue weighted by Gasteiger charge is 2.48. The van der Waals surface area contributed by atoms with Crippen molar-refractivity contribution in [3.63, 3.8) is 0 Å². The summed E-state index contributed by atoms with van der Waals surface area (Å²) in [5.41, 5.74) is -0.00245. The number of benzene rings is 1. The molecule has 0 saturated heterocycles. The number of alkyl carbamates (subject to hydrolysis) is 1. The third kappa shape index (κ3) is 8.99. The molecule has 0 bridgehead atoms. The van der Waals surface area contributed by atoms with Crippen molar-refractivity contribution >= 4 is 12.1 Å². The van der Waals surface area contributed by atoms with E-state index in [2.05, 4.69) is 26.1 Å². The Morgan fingerprint density at radius 2 is 1.72 bits per heavy atom. The number of carbonyl (C=O) groups excluding carboxylic acids is 2. The van der Waals surface area contributed by atoms with Gasteiger partial charge in [0.2, 0.25) is 0 Å². The zero-order valence-electron chi connectivity index (χ0n) is 23.7. The van der Waals surface area contributed by atoms with Crippen LogP contribution >= 0.6 is 0 Å². The highest BCUT2D eigenvalue weighted by atomic mass is 16.6. The molecule has 2 rings (SSSR count). The Labute approximate surface area is 217 Å². The van der Waals surface area contributed by atoms with Crippen molar-refractivity contribution in [1.29, 1.82) is 0 Å². The van der Waals surface area contributed by atoms with E-state index in [4.69, 9.17) is 18.9 Å². The van der Waals surface area contributed by atoms with Crippen LogP contribution in [0.3, 0.4) is 0 Å². The summed E-state index contributed by atoms with van der Waals surface area (Å²) in [7, 11) is 1.65. The number of rotatable bonds is 10. The van der Waals surface area contributed by atoms with Crippen LogP contribution in [-0.2, 0) is 25.6 Å². The molecule has 204 valence electrons. The molecule has 36 heavy (non-hydrogen) atoms. The van der Waals surface area contributed by atoms with Gasteiger partial charge in [0.15, 0.2) is 0 Å². The lowest BCUT2D eigenvalue weighted by atomic mass is 9.62. The number of esters is 1. The minimum atomic E-state index is -0.765. The predicted octanol–water partition coefficient (Wildman–Crippen LogP) is 6.28. The van der Waals surface area contributed by atoms with Crippen LogP contribution in [-0.4, -0.2) is 43.5 Å². The second-order valence-electron chi connectivity index (χ2n) is 12.5. The second-order valence-corrected chi connectivity index (χ2v) is 12.5. The van der Waals surface area contributed by atoms with Crippen LogP contribution in [0.1, 0.15) is 86.6 Å². The summed E-state index contributed by atoms with van der Waals surface area (Å²) < 4.78 is 23.0. The average molecular weight is 506 g/mol. The Kier molecular flexibility index (Phi) is 10.2. The van der Waals surface area contributed by atoms with Gasteiger partial charge in [-0.25, -0.2) is 9.59 Å². The normalized spacial score (nSPS) is 22.6. The SMILES string of the molecule is COc1ccc(CO[C@H]2C(C)(C)CCC[C@]2(C)COC(=O)[C@H](CC(C)C)NC(=O)OC(C)(C)C)cc1. The molecule has 3 atom stereocenters. The fraction of sp³-hybridized carbons (Fsp3) is 0.724. The molecule has 0 radical (unpaired) electrons. The molecule has 7 heteroatoms. The molecule has 0 unspecified atom stereocenters. The lowest BCUT2D eigenvalue weighted by Gasteiger charge is -2.50. The van der Waals surface area contributed by atoms with Crippen LogP contribution in [0.5, 0.6) is 5.75 Å². The molecule has 1 N–H and O–H groups in total. The van der Waals surface area contributed by atoms with Gasteiger partial charge in [-0.1, -0.05) is 53.2 Å². The number of methoxy groups -OCH3 is 1. The van der Waals surface area contributed by atoms with E-state index in [0.717, 1.165) is 30.6 Å². The van der Waals surface area contributed by atoms with Gasteiger partial charge in [-0.05, 0) is 69.1 Å². The van der Waals surface area contributed by atoms with Crippen LogP contribution in [0, 0.1) is 16.7 Å². The number of amides is 1. The summed E-state index contributed by atoms with van der Waals surface area (Å²) >= 11 is 0. The van der Waals surface area contributed by atoms with Crippen molar-refractivity contribution in [2.75, 3.05) is 13.7 Å². The number of hydrogen-bond acceptors (Lipinski definition) is 6. The number of ether oxygens (including phenoxy) is 4. The van der Waals surface area contributed by atoms with E-state index < -0.39 is 23.7 Å². The Balaban J connectivity index is 2.10. The quantitative estimate of drug-likeness (QED) is 0.377. The fourth-order valence-corrected chi connectivity index (χ4v) is 5.10. The molecule has 1 fully saturated rings. The summed E-state index contributed by atoms with van der Waals surface area (Å²) in [4.78, 5) is 25.5. The molecular formula is C29H47NO6. The van der Waals surface area contributed by atoms with Gasteiger partial charge >= 0.3 is 12.1 Å². The number of hydrogen-bond donors (Lipinski definition) is 1. The predicted molar refractivity (Wildman–Crippen MR) is 141 cm³/mol. The van der Waals surface area contributed by atoms with Crippen LogP contribution in [0.2, 0.25) is 0 Å². The summed E-state index contributed by atoms with van der Waals surface area (Å²) in [6.07, 6.45) is 2.73. The smallest absolute Gasteiger partial charge is 0.408 e. The third-order valence-corrected chi connectivity index (χ3v) is 6.71. The molecule has 1 aromatic carbocycles. The van der Waals surface area contributed by atoms with E-state index >= 15 is 0 Å². The van der Waals surface area contributed by atoms with Gasteiger partial charge in [0, 0.05) is 5.41 Å². The maximum Gasteiger partial charge on any atom is 0.408 e. The van der Waals surface area contributed by atoms with Crippen LogP contribution in [0.4, 0.5) is 4.79 Å². The summed E-state index contributed by atoms with van der Waals surface area (Å²) in [6, 6.07) is 7.10. The average Bonchev–Trinajstić information content (AvgIpc) is 2.75.